The number of hydrogen-bond donors (Lipinski definition) is 0. The molecule has 0 spiro atoms. The van der Waals surface area contributed by atoms with Gasteiger partial charge in [-0.2, -0.15) is 0 Å². The Balaban J connectivity index is -0.00000185. The van der Waals surface area contributed by atoms with Crippen molar-refractivity contribution in [1.82, 2.24) is 9.97 Å². The maximum atomic E-state index is 12.8. The molecule has 0 aliphatic carbocycles. The van der Waals surface area contributed by atoms with Crippen molar-refractivity contribution < 1.29 is 8.83 Å². The predicted molar refractivity (Wildman–Crippen MR) is 213 cm³/mol. The molecule has 6 heteroatoms. The Hall–Kier alpha value is -5.10. The van der Waals surface area contributed by atoms with Crippen molar-refractivity contribution in [2.75, 3.05) is 0 Å². The summed E-state index contributed by atoms with van der Waals surface area (Å²) in [5, 5.41) is 0.344. The Morgan fingerprint density at radius 2 is 1.27 bits per heavy atom. The summed E-state index contributed by atoms with van der Waals surface area (Å²) in [7, 11) is 0. The molecule has 0 fully saturated rings. The normalized spacial score (nSPS) is 10.5. The molecule has 0 N–H and O–H groups in total. The summed E-state index contributed by atoms with van der Waals surface area (Å²) in [6.07, 6.45) is 16.8. The van der Waals surface area contributed by atoms with E-state index in [0.717, 1.165) is 5.56 Å². The van der Waals surface area contributed by atoms with Crippen molar-refractivity contribution in [2.24, 2.45) is 0 Å². The molecule has 0 amide bonds. The third-order valence-electron chi connectivity index (χ3n) is 5.45. The largest absolute Gasteiger partial charge is 0.403 e. The molecule has 0 saturated heterocycles. The maximum absolute atomic E-state index is 12.8. The van der Waals surface area contributed by atoms with Gasteiger partial charge in [0.2, 0.25) is 11.8 Å². The van der Waals surface area contributed by atoms with Gasteiger partial charge in [0.05, 0.1) is 22.2 Å². The van der Waals surface area contributed by atoms with Crippen molar-refractivity contribution in [3.63, 3.8) is 0 Å². The lowest BCUT2D eigenvalue weighted by molar-refractivity contribution is 0.474. The molecule has 0 aliphatic heterocycles. The zero-order valence-corrected chi connectivity index (χ0v) is 31.3. The molecule has 3 rings (SSSR count). The number of benzene rings is 1. The number of rotatable bonds is 11. The zero-order valence-electron chi connectivity index (χ0n) is 31.3. The van der Waals surface area contributed by atoms with Crippen LogP contribution >= 0.6 is 0 Å². The first kappa shape index (κ1) is 47.3. The minimum atomic E-state index is -0.582. The van der Waals surface area contributed by atoms with Gasteiger partial charge in [0.25, 0.3) is 0 Å². The van der Waals surface area contributed by atoms with Gasteiger partial charge in [-0.15, -0.1) is 0 Å². The highest BCUT2D eigenvalue weighted by Crippen LogP contribution is 2.21. The third-order valence-corrected chi connectivity index (χ3v) is 5.45. The molecule has 2 heterocycles. The van der Waals surface area contributed by atoms with Crippen molar-refractivity contribution in [3.8, 4) is 0 Å². The monoisotopic (exact) mass is 654 g/mol. The van der Waals surface area contributed by atoms with E-state index in [1.807, 2.05) is 88.3 Å². The van der Waals surface area contributed by atoms with Gasteiger partial charge >= 0.3 is 11.3 Å². The van der Waals surface area contributed by atoms with Crippen LogP contribution in [0.3, 0.4) is 0 Å². The van der Waals surface area contributed by atoms with Crippen LogP contribution in [-0.2, 0) is 6.42 Å². The summed E-state index contributed by atoms with van der Waals surface area (Å²) in [5.74, 6) is 0.327. The molecule has 0 unspecified atom stereocenters. The van der Waals surface area contributed by atoms with Crippen LogP contribution in [0.4, 0.5) is 0 Å². The van der Waals surface area contributed by atoms with E-state index < -0.39 is 11.3 Å². The van der Waals surface area contributed by atoms with Gasteiger partial charge in [0.15, 0.2) is 0 Å². The lowest BCUT2D eigenvalue weighted by Crippen LogP contribution is -2.11. The summed E-state index contributed by atoms with van der Waals surface area (Å²) in [6, 6.07) is 5.34. The number of aromatic nitrogens is 2. The molecular weight excluding hydrogens is 596 g/mol. The molecule has 2 aromatic heterocycles. The van der Waals surface area contributed by atoms with Crippen LogP contribution in [0, 0.1) is 0 Å². The fourth-order valence-electron chi connectivity index (χ4n) is 3.67. The van der Waals surface area contributed by atoms with Gasteiger partial charge in [-0.25, -0.2) is 19.6 Å². The maximum Gasteiger partial charge on any atom is 0.347 e. The molecule has 0 aliphatic rings. The summed E-state index contributed by atoms with van der Waals surface area (Å²) in [6.45, 7) is 40.6. The topological polar surface area (TPSA) is 86.2 Å². The number of nitrogens with zero attached hydrogens (tertiary/aromatic N) is 2. The third kappa shape index (κ3) is 14.5. The van der Waals surface area contributed by atoms with Crippen molar-refractivity contribution in [2.45, 2.75) is 82.6 Å². The van der Waals surface area contributed by atoms with E-state index in [4.69, 9.17) is 8.83 Å². The second-order valence-electron chi connectivity index (χ2n) is 7.99. The number of allylic oxidation sites excluding steroid dienone is 11. The van der Waals surface area contributed by atoms with Gasteiger partial charge < -0.3 is 8.83 Å². The van der Waals surface area contributed by atoms with Crippen LogP contribution in [0.2, 0.25) is 0 Å². The Kier molecular flexibility index (Phi) is 28.9. The molecule has 6 nitrogen and oxygen atoms in total. The van der Waals surface area contributed by atoms with Crippen molar-refractivity contribution in [3.05, 3.63) is 155 Å². The molecular formula is C42H58N2O4. The highest BCUT2D eigenvalue weighted by atomic mass is 16.4. The predicted octanol–water partition coefficient (Wildman–Crippen LogP) is 12.0. The molecule has 0 radical (unpaired) electrons. The first-order chi connectivity index (χ1) is 23.4. The number of hydrogen-bond acceptors (Lipinski definition) is 6. The average Bonchev–Trinajstić information content (AvgIpc) is 3.15. The lowest BCUT2D eigenvalue weighted by Gasteiger charge is -2.08. The van der Waals surface area contributed by atoms with Crippen LogP contribution in [0.1, 0.15) is 105 Å². The zero-order chi connectivity index (χ0) is 37.7. The van der Waals surface area contributed by atoms with Gasteiger partial charge in [-0.05, 0) is 48.8 Å². The Labute approximate surface area is 289 Å². The molecule has 260 valence electrons. The highest BCUT2D eigenvalue weighted by molar-refractivity contribution is 5.81. The van der Waals surface area contributed by atoms with Gasteiger partial charge in [0, 0.05) is 11.1 Å². The lowest BCUT2D eigenvalue weighted by atomic mass is 10.0. The SMILES string of the molecule is C=C/C=C(\C=C)c1nc(C=C)c(/C=C(\C=C)Cc2ccc3nc(C(/C=C\C)=C/C=C)oc(=O)c3c2)c(=O)o1.CC.CC.CC.CC.CC. The Morgan fingerprint density at radius 3 is 1.77 bits per heavy atom. The first-order valence-corrected chi connectivity index (χ1v) is 16.7. The van der Waals surface area contributed by atoms with E-state index in [1.54, 1.807) is 54.7 Å². The second-order valence-corrected chi connectivity index (χ2v) is 7.99. The van der Waals surface area contributed by atoms with E-state index >= 15 is 0 Å². The fraction of sp³-hybridized carbons (Fsp3) is 0.286. The van der Waals surface area contributed by atoms with E-state index in [1.165, 1.54) is 12.2 Å². The molecule has 3 aromatic rings. The van der Waals surface area contributed by atoms with Gasteiger partial charge in [0.1, 0.15) is 0 Å². The van der Waals surface area contributed by atoms with E-state index in [9.17, 15) is 9.59 Å². The number of fused-ring (bicyclic) bond motifs is 1. The van der Waals surface area contributed by atoms with Crippen LogP contribution in [0.25, 0.3) is 34.2 Å². The standard InChI is InChI=1S/C32H28N2O4.5C2H6/c1-7-13-23(11-5)29-33-27(12-6)25(31(35)37-29)19-21(10-4)18-22-16-17-28-26(20-22)32(36)38-30(34-28)24(14-8-2)15-9-3;5*1-2/h7-17,19-20H,1-2,4-6,18H2,3H3;5*1-2H3/b15-9-,21-19+,23-13+,24-14+;;;;;. The summed E-state index contributed by atoms with van der Waals surface area (Å²) >= 11 is 0. The summed E-state index contributed by atoms with van der Waals surface area (Å²) < 4.78 is 10.9. The molecule has 0 saturated carbocycles. The van der Waals surface area contributed by atoms with Gasteiger partial charge in [-0.3, -0.25) is 0 Å². The van der Waals surface area contributed by atoms with Crippen LogP contribution in [0.15, 0.2) is 124 Å². The minimum Gasteiger partial charge on any atom is -0.403 e. The fourth-order valence-corrected chi connectivity index (χ4v) is 3.67. The highest BCUT2D eigenvalue weighted by Gasteiger charge is 2.14. The van der Waals surface area contributed by atoms with Crippen molar-refractivity contribution in [1.29, 1.82) is 0 Å². The summed E-state index contributed by atoms with van der Waals surface area (Å²) in [4.78, 5) is 34.5. The van der Waals surface area contributed by atoms with Gasteiger partial charge in [-0.1, -0.05) is 157 Å². The van der Waals surface area contributed by atoms with E-state index in [-0.39, 0.29) is 17.3 Å². The molecule has 1 aromatic carbocycles. The van der Waals surface area contributed by atoms with Crippen LogP contribution < -0.4 is 11.3 Å². The second kappa shape index (κ2) is 29.3. The Morgan fingerprint density at radius 1 is 0.729 bits per heavy atom. The van der Waals surface area contributed by atoms with E-state index in [0.29, 0.717) is 39.7 Å². The van der Waals surface area contributed by atoms with Crippen LogP contribution in [0.5, 0.6) is 0 Å². The molecule has 0 bridgehead atoms. The molecule has 0 atom stereocenters. The summed E-state index contributed by atoms with van der Waals surface area (Å²) in [5.41, 5.74) is 2.67. The van der Waals surface area contributed by atoms with Crippen LogP contribution in [-0.4, -0.2) is 9.97 Å². The average molecular weight is 655 g/mol. The van der Waals surface area contributed by atoms with E-state index in [2.05, 4.69) is 42.9 Å². The van der Waals surface area contributed by atoms with Crippen molar-refractivity contribution >= 4 is 34.2 Å². The Bertz CT molecular complexity index is 1680. The minimum absolute atomic E-state index is 0.116. The quantitative estimate of drug-likeness (QED) is 0.191. The smallest absolute Gasteiger partial charge is 0.347 e. The first-order valence-electron chi connectivity index (χ1n) is 16.7. The molecule has 48 heavy (non-hydrogen) atoms.